The molecule has 2 aliphatic rings. The molecule has 0 atom stereocenters. The lowest BCUT2D eigenvalue weighted by atomic mass is 10.2. The number of benzene rings is 1. The van der Waals surface area contributed by atoms with Crippen molar-refractivity contribution in [3.8, 4) is 5.69 Å². The second-order valence-corrected chi connectivity index (χ2v) is 9.84. The van der Waals surface area contributed by atoms with Crippen LogP contribution in [-0.2, 0) is 16.4 Å². The first-order valence-electron chi connectivity index (χ1n) is 10.4. The summed E-state index contributed by atoms with van der Waals surface area (Å²) in [5.74, 6) is -0.320. The number of carbonyl (C=O) groups is 1. The van der Waals surface area contributed by atoms with Crippen molar-refractivity contribution in [1.82, 2.24) is 23.3 Å². The molecule has 12 heteroatoms. The Morgan fingerprint density at radius 3 is 2.25 bits per heavy atom. The Hall–Kier alpha value is -2.44. The number of nitrogens with zero attached hydrogens (tertiary/aromatic N) is 5. The van der Waals surface area contributed by atoms with E-state index < -0.39 is 21.9 Å². The van der Waals surface area contributed by atoms with Gasteiger partial charge in [-0.05, 0) is 38.0 Å². The highest BCUT2D eigenvalue weighted by Gasteiger charge is 2.35. The first-order chi connectivity index (χ1) is 15.1. The number of rotatable bonds is 4. The van der Waals surface area contributed by atoms with E-state index in [2.05, 4.69) is 5.10 Å². The molecule has 1 aromatic heterocycles. The highest BCUT2D eigenvalue weighted by atomic mass is 32.2. The quantitative estimate of drug-likeness (QED) is 0.686. The van der Waals surface area contributed by atoms with Gasteiger partial charge in [0.15, 0.2) is 0 Å². The van der Waals surface area contributed by atoms with E-state index in [1.165, 1.54) is 31.6 Å². The lowest BCUT2D eigenvalue weighted by Crippen LogP contribution is -2.53. The molecule has 2 fully saturated rings. The Morgan fingerprint density at radius 1 is 1.00 bits per heavy atom. The topological polar surface area (TPSA) is 78.8 Å². The normalized spacial score (nSPS) is 18.9. The molecule has 8 nitrogen and oxygen atoms in total. The summed E-state index contributed by atoms with van der Waals surface area (Å²) in [5, 5.41) is 4.12. The van der Waals surface area contributed by atoms with E-state index >= 15 is 0 Å². The SMILES string of the molecule is Cc1c(C(=O)N2CCN(S(=O)(=O)N3CCCC3)CC2)cnn1-c1cccc(C(F)(F)F)c1. The predicted octanol–water partition coefficient (Wildman–Crippen LogP) is 2.30. The number of aromatic nitrogens is 2. The van der Waals surface area contributed by atoms with Crippen LogP contribution in [0.3, 0.4) is 0 Å². The molecule has 174 valence electrons. The van der Waals surface area contributed by atoms with E-state index in [0.717, 1.165) is 25.0 Å². The highest BCUT2D eigenvalue weighted by molar-refractivity contribution is 7.86. The van der Waals surface area contributed by atoms with E-state index in [9.17, 15) is 26.4 Å². The van der Waals surface area contributed by atoms with Gasteiger partial charge in [-0.3, -0.25) is 4.79 Å². The van der Waals surface area contributed by atoms with Crippen LogP contribution in [0.4, 0.5) is 13.2 Å². The van der Waals surface area contributed by atoms with Crippen LogP contribution in [0.25, 0.3) is 5.69 Å². The van der Waals surface area contributed by atoms with Crippen LogP contribution in [-0.4, -0.2) is 76.9 Å². The van der Waals surface area contributed by atoms with Crippen molar-refractivity contribution >= 4 is 16.1 Å². The summed E-state index contributed by atoms with van der Waals surface area (Å²) in [6.07, 6.45) is -1.43. The van der Waals surface area contributed by atoms with E-state index in [4.69, 9.17) is 0 Å². The van der Waals surface area contributed by atoms with Gasteiger partial charge in [0.2, 0.25) is 0 Å². The van der Waals surface area contributed by atoms with Crippen LogP contribution in [0.15, 0.2) is 30.5 Å². The Bertz CT molecular complexity index is 1100. The summed E-state index contributed by atoms with van der Waals surface area (Å²) in [4.78, 5) is 14.6. The molecule has 0 aliphatic carbocycles. The van der Waals surface area contributed by atoms with Crippen molar-refractivity contribution in [3.63, 3.8) is 0 Å². The van der Waals surface area contributed by atoms with Crippen LogP contribution in [0.1, 0.15) is 34.5 Å². The van der Waals surface area contributed by atoms with Crippen LogP contribution in [0.2, 0.25) is 0 Å². The zero-order valence-corrected chi connectivity index (χ0v) is 18.4. The lowest BCUT2D eigenvalue weighted by molar-refractivity contribution is -0.137. The summed E-state index contributed by atoms with van der Waals surface area (Å²) >= 11 is 0. The molecule has 3 heterocycles. The molecule has 4 rings (SSSR count). The Labute approximate surface area is 184 Å². The Morgan fingerprint density at radius 2 is 1.62 bits per heavy atom. The molecule has 0 bridgehead atoms. The largest absolute Gasteiger partial charge is 0.416 e. The molecule has 1 aromatic carbocycles. The fourth-order valence-corrected chi connectivity index (χ4v) is 5.74. The van der Waals surface area contributed by atoms with E-state index in [1.807, 2.05) is 0 Å². The molecule has 2 saturated heterocycles. The van der Waals surface area contributed by atoms with Crippen molar-refractivity contribution in [3.05, 3.63) is 47.3 Å². The van der Waals surface area contributed by atoms with Gasteiger partial charge in [-0.1, -0.05) is 6.07 Å². The number of piperazine rings is 1. The van der Waals surface area contributed by atoms with Crippen LogP contribution in [0, 0.1) is 6.92 Å². The number of alkyl halides is 3. The number of amides is 1. The summed E-state index contributed by atoms with van der Waals surface area (Å²) in [6, 6.07) is 4.74. The molecule has 2 aliphatic heterocycles. The summed E-state index contributed by atoms with van der Waals surface area (Å²) < 4.78 is 68.7. The van der Waals surface area contributed by atoms with Gasteiger partial charge in [0.25, 0.3) is 16.1 Å². The van der Waals surface area contributed by atoms with Crippen molar-refractivity contribution in [2.24, 2.45) is 0 Å². The molecule has 0 unspecified atom stereocenters. The van der Waals surface area contributed by atoms with Gasteiger partial charge < -0.3 is 4.90 Å². The fourth-order valence-electron chi connectivity index (χ4n) is 4.07. The molecule has 0 spiro atoms. The molecule has 32 heavy (non-hydrogen) atoms. The molecule has 1 amide bonds. The molecule has 0 saturated carbocycles. The summed E-state index contributed by atoms with van der Waals surface area (Å²) in [7, 11) is -3.51. The monoisotopic (exact) mass is 471 g/mol. The standard InChI is InChI=1S/C20H24F3N5O3S/c1-15-18(14-24-28(15)17-6-4-5-16(13-17)20(21,22)23)19(29)25-9-11-27(12-10-25)32(30,31)26-7-2-3-8-26/h4-6,13-14H,2-3,7-12H2,1H3. The van der Waals surface area contributed by atoms with E-state index in [-0.39, 0.29) is 43.3 Å². The fraction of sp³-hybridized carbons (Fsp3) is 0.500. The van der Waals surface area contributed by atoms with Gasteiger partial charge in [-0.15, -0.1) is 0 Å². The van der Waals surface area contributed by atoms with Gasteiger partial charge in [0.1, 0.15) is 0 Å². The van der Waals surface area contributed by atoms with Crippen LogP contribution in [0.5, 0.6) is 0 Å². The number of hydrogen-bond acceptors (Lipinski definition) is 4. The maximum atomic E-state index is 13.0. The third-order valence-electron chi connectivity index (χ3n) is 5.90. The number of carbonyl (C=O) groups excluding carboxylic acids is 1. The molecule has 2 aromatic rings. The van der Waals surface area contributed by atoms with Crippen LogP contribution >= 0.6 is 0 Å². The van der Waals surface area contributed by atoms with E-state index in [0.29, 0.717) is 18.8 Å². The molecular formula is C20H24F3N5O3S. The van der Waals surface area contributed by atoms with Gasteiger partial charge in [-0.25, -0.2) is 4.68 Å². The predicted molar refractivity (Wildman–Crippen MR) is 111 cm³/mol. The minimum absolute atomic E-state index is 0.200. The van der Waals surface area contributed by atoms with Gasteiger partial charge >= 0.3 is 6.18 Å². The first kappa shape index (κ1) is 22.7. The van der Waals surface area contributed by atoms with Gasteiger partial charge in [-0.2, -0.15) is 35.3 Å². The lowest BCUT2D eigenvalue weighted by Gasteiger charge is -2.35. The van der Waals surface area contributed by atoms with Crippen molar-refractivity contribution in [1.29, 1.82) is 0 Å². The minimum Gasteiger partial charge on any atom is -0.336 e. The Balaban J connectivity index is 1.47. The highest BCUT2D eigenvalue weighted by Crippen LogP contribution is 2.30. The maximum absolute atomic E-state index is 13.0. The second-order valence-electron chi connectivity index (χ2n) is 7.91. The third-order valence-corrected chi connectivity index (χ3v) is 7.94. The van der Waals surface area contributed by atoms with Gasteiger partial charge in [0, 0.05) is 39.3 Å². The summed E-state index contributed by atoms with van der Waals surface area (Å²) in [6.45, 7) is 3.54. The maximum Gasteiger partial charge on any atom is 0.416 e. The first-order valence-corrected chi connectivity index (χ1v) is 11.8. The smallest absolute Gasteiger partial charge is 0.336 e. The molecular weight excluding hydrogens is 447 g/mol. The average molecular weight is 472 g/mol. The van der Waals surface area contributed by atoms with Crippen molar-refractivity contribution in [2.75, 3.05) is 39.3 Å². The number of hydrogen-bond donors (Lipinski definition) is 0. The van der Waals surface area contributed by atoms with E-state index in [1.54, 1.807) is 11.8 Å². The minimum atomic E-state index is -4.48. The Kier molecular flexibility index (Phi) is 6.03. The zero-order valence-electron chi connectivity index (χ0n) is 17.5. The third kappa shape index (κ3) is 4.26. The molecule has 0 radical (unpaired) electrons. The van der Waals surface area contributed by atoms with Crippen molar-refractivity contribution in [2.45, 2.75) is 25.9 Å². The molecule has 0 N–H and O–H groups in total. The summed E-state index contributed by atoms with van der Waals surface area (Å²) in [5.41, 5.74) is 0.103. The number of halogens is 3. The van der Waals surface area contributed by atoms with Gasteiger partial charge in [0.05, 0.1) is 28.7 Å². The second kappa shape index (κ2) is 8.49. The van der Waals surface area contributed by atoms with Crippen molar-refractivity contribution < 1.29 is 26.4 Å². The zero-order chi connectivity index (χ0) is 23.1. The van der Waals surface area contributed by atoms with Crippen LogP contribution < -0.4 is 0 Å². The average Bonchev–Trinajstić information content (AvgIpc) is 3.43.